The van der Waals surface area contributed by atoms with Crippen LogP contribution in [0.5, 0.6) is 0 Å². The molecule has 1 saturated carbocycles. The van der Waals surface area contributed by atoms with E-state index in [-0.39, 0.29) is 23.9 Å². The van der Waals surface area contributed by atoms with Crippen molar-refractivity contribution in [1.29, 1.82) is 0 Å². The van der Waals surface area contributed by atoms with Crippen LogP contribution in [-0.2, 0) is 4.79 Å². The summed E-state index contributed by atoms with van der Waals surface area (Å²) in [7, 11) is 0. The molecule has 2 rings (SSSR count). The molecule has 0 unspecified atom stereocenters. The molecular weight excluding hydrogens is 300 g/mol. The molecule has 0 bridgehead atoms. The summed E-state index contributed by atoms with van der Waals surface area (Å²) in [6, 6.07) is 3.47. The minimum Gasteiger partial charge on any atom is -0.299 e. The van der Waals surface area contributed by atoms with Crippen LogP contribution < -0.4 is 0 Å². The van der Waals surface area contributed by atoms with E-state index < -0.39 is 0 Å². The molecule has 0 aliphatic heterocycles. The number of benzene rings is 1. The first-order chi connectivity index (χ1) is 9.08. The van der Waals surface area contributed by atoms with E-state index in [1.165, 1.54) is 23.5 Å². The van der Waals surface area contributed by atoms with Gasteiger partial charge in [-0.1, -0.05) is 11.6 Å². The number of thioether (sulfide) groups is 2. The SMILES string of the molecule is CSc1c(Cl)ccc(C(=O)CC(=O)C2CC2)c1SC. The first kappa shape index (κ1) is 14.9. The Kier molecular flexibility index (Phi) is 4.98. The molecule has 102 valence electrons. The van der Waals surface area contributed by atoms with Crippen molar-refractivity contribution in [2.75, 3.05) is 12.5 Å². The Hall–Kier alpha value is -0.450. The van der Waals surface area contributed by atoms with Gasteiger partial charge in [0, 0.05) is 21.3 Å². The Morgan fingerprint density at radius 3 is 2.37 bits per heavy atom. The van der Waals surface area contributed by atoms with E-state index in [0.29, 0.717) is 10.6 Å². The minimum atomic E-state index is -0.0896. The van der Waals surface area contributed by atoms with Gasteiger partial charge in [0.15, 0.2) is 5.78 Å². The maximum Gasteiger partial charge on any atom is 0.171 e. The van der Waals surface area contributed by atoms with Gasteiger partial charge < -0.3 is 0 Å². The number of carbonyl (C=O) groups excluding carboxylic acids is 2. The lowest BCUT2D eigenvalue weighted by Crippen LogP contribution is -2.11. The molecule has 2 nitrogen and oxygen atoms in total. The Morgan fingerprint density at radius 1 is 1.21 bits per heavy atom. The molecule has 0 saturated heterocycles. The summed E-state index contributed by atoms with van der Waals surface area (Å²) < 4.78 is 0. The Balaban J connectivity index is 2.27. The Bertz CT molecular complexity index is 524. The molecule has 0 spiro atoms. The molecule has 0 heterocycles. The zero-order valence-electron chi connectivity index (χ0n) is 10.9. The van der Waals surface area contributed by atoms with E-state index in [1.54, 1.807) is 12.1 Å². The first-order valence-corrected chi connectivity index (χ1v) is 8.87. The Labute approximate surface area is 126 Å². The average molecular weight is 315 g/mol. The van der Waals surface area contributed by atoms with Crippen LogP contribution in [-0.4, -0.2) is 24.1 Å². The van der Waals surface area contributed by atoms with Crippen LogP contribution in [0.15, 0.2) is 21.9 Å². The van der Waals surface area contributed by atoms with Crippen molar-refractivity contribution in [2.24, 2.45) is 5.92 Å². The summed E-state index contributed by atoms with van der Waals surface area (Å²) in [6.45, 7) is 0. The third-order valence-corrected chi connectivity index (χ3v) is 5.36. The molecule has 0 amide bonds. The van der Waals surface area contributed by atoms with Crippen molar-refractivity contribution in [3.8, 4) is 0 Å². The minimum absolute atomic E-state index is 0.0215. The van der Waals surface area contributed by atoms with E-state index in [4.69, 9.17) is 11.6 Å². The highest BCUT2D eigenvalue weighted by atomic mass is 35.5. The predicted octanol–water partition coefficient (Wildman–Crippen LogP) is 4.34. The van der Waals surface area contributed by atoms with E-state index in [9.17, 15) is 9.59 Å². The molecule has 1 aliphatic rings. The number of Topliss-reactive ketones (excluding diaryl/α,β-unsaturated/α-hetero) is 2. The fourth-order valence-electron chi connectivity index (χ4n) is 1.95. The van der Waals surface area contributed by atoms with Crippen LogP contribution in [0.2, 0.25) is 5.02 Å². The molecule has 0 N–H and O–H groups in total. The zero-order chi connectivity index (χ0) is 14.0. The average Bonchev–Trinajstić information content (AvgIpc) is 3.22. The van der Waals surface area contributed by atoms with Gasteiger partial charge in [0.2, 0.25) is 0 Å². The van der Waals surface area contributed by atoms with Gasteiger partial charge in [-0.25, -0.2) is 0 Å². The third kappa shape index (κ3) is 3.36. The van der Waals surface area contributed by atoms with Gasteiger partial charge in [0.05, 0.1) is 11.4 Å². The summed E-state index contributed by atoms with van der Waals surface area (Å²) in [5.74, 6) is 0.125. The van der Waals surface area contributed by atoms with E-state index >= 15 is 0 Å². The highest BCUT2D eigenvalue weighted by Crippen LogP contribution is 2.38. The van der Waals surface area contributed by atoms with Gasteiger partial charge in [0.1, 0.15) is 5.78 Å². The van der Waals surface area contributed by atoms with Crippen LogP contribution in [0.1, 0.15) is 29.6 Å². The number of hydrogen-bond acceptors (Lipinski definition) is 4. The van der Waals surface area contributed by atoms with Crippen molar-refractivity contribution < 1.29 is 9.59 Å². The molecule has 0 atom stereocenters. The number of rotatable bonds is 6. The zero-order valence-corrected chi connectivity index (χ0v) is 13.3. The molecule has 1 aliphatic carbocycles. The fourth-order valence-corrected chi connectivity index (χ4v) is 4.15. The van der Waals surface area contributed by atoms with Crippen LogP contribution >= 0.6 is 35.1 Å². The van der Waals surface area contributed by atoms with Crippen molar-refractivity contribution in [3.63, 3.8) is 0 Å². The monoisotopic (exact) mass is 314 g/mol. The largest absolute Gasteiger partial charge is 0.299 e. The van der Waals surface area contributed by atoms with Crippen LogP contribution in [0.25, 0.3) is 0 Å². The first-order valence-electron chi connectivity index (χ1n) is 6.04. The predicted molar refractivity (Wildman–Crippen MR) is 81.7 cm³/mol. The maximum atomic E-state index is 12.3. The van der Waals surface area contributed by atoms with Gasteiger partial charge >= 0.3 is 0 Å². The number of halogens is 1. The summed E-state index contributed by atoms with van der Waals surface area (Å²) in [4.78, 5) is 25.8. The van der Waals surface area contributed by atoms with E-state index in [0.717, 1.165) is 22.6 Å². The van der Waals surface area contributed by atoms with Gasteiger partial charge in [-0.05, 0) is 37.5 Å². The van der Waals surface area contributed by atoms with Crippen molar-refractivity contribution in [1.82, 2.24) is 0 Å². The number of ketones is 2. The molecule has 1 aromatic rings. The van der Waals surface area contributed by atoms with Crippen LogP contribution in [0, 0.1) is 5.92 Å². The fraction of sp³-hybridized carbons (Fsp3) is 0.429. The molecule has 1 fully saturated rings. The van der Waals surface area contributed by atoms with Gasteiger partial charge in [-0.15, -0.1) is 23.5 Å². The summed E-state index contributed by atoms with van der Waals surface area (Å²) in [5, 5.41) is 0.655. The summed E-state index contributed by atoms with van der Waals surface area (Å²) in [6.07, 6.45) is 5.76. The molecule has 19 heavy (non-hydrogen) atoms. The van der Waals surface area contributed by atoms with Gasteiger partial charge in [-0.3, -0.25) is 9.59 Å². The second kappa shape index (κ2) is 6.33. The topological polar surface area (TPSA) is 34.1 Å². The lowest BCUT2D eigenvalue weighted by molar-refractivity contribution is -0.119. The standard InChI is InChI=1S/C14H15ClO2S2/c1-18-13-9(5-6-10(15)14(13)19-2)12(17)7-11(16)8-3-4-8/h5-6,8H,3-4,7H2,1-2H3. The normalized spacial score (nSPS) is 14.5. The summed E-state index contributed by atoms with van der Waals surface area (Å²) >= 11 is 9.17. The lowest BCUT2D eigenvalue weighted by atomic mass is 10.0. The smallest absolute Gasteiger partial charge is 0.171 e. The van der Waals surface area contributed by atoms with Crippen LogP contribution in [0.4, 0.5) is 0 Å². The second-order valence-electron chi connectivity index (χ2n) is 4.50. The Morgan fingerprint density at radius 2 is 1.84 bits per heavy atom. The highest BCUT2D eigenvalue weighted by Gasteiger charge is 2.31. The summed E-state index contributed by atoms with van der Waals surface area (Å²) in [5.41, 5.74) is 0.621. The molecular formula is C14H15ClO2S2. The highest BCUT2D eigenvalue weighted by molar-refractivity contribution is 8.01. The molecule has 1 aromatic carbocycles. The molecule has 5 heteroatoms. The van der Waals surface area contributed by atoms with E-state index in [1.807, 2.05) is 12.5 Å². The second-order valence-corrected chi connectivity index (χ2v) is 6.54. The van der Waals surface area contributed by atoms with Crippen LogP contribution in [0.3, 0.4) is 0 Å². The number of carbonyl (C=O) groups is 2. The quantitative estimate of drug-likeness (QED) is 0.444. The maximum absolute atomic E-state index is 12.3. The van der Waals surface area contributed by atoms with Crippen molar-refractivity contribution in [3.05, 3.63) is 22.7 Å². The van der Waals surface area contributed by atoms with E-state index in [2.05, 4.69) is 0 Å². The van der Waals surface area contributed by atoms with Crippen molar-refractivity contribution in [2.45, 2.75) is 29.1 Å². The third-order valence-electron chi connectivity index (χ3n) is 3.14. The van der Waals surface area contributed by atoms with Gasteiger partial charge in [-0.2, -0.15) is 0 Å². The van der Waals surface area contributed by atoms with Gasteiger partial charge in [0.25, 0.3) is 0 Å². The molecule has 0 aromatic heterocycles. The lowest BCUT2D eigenvalue weighted by Gasteiger charge is -2.12. The number of hydrogen-bond donors (Lipinski definition) is 0. The molecule has 0 radical (unpaired) electrons. The van der Waals surface area contributed by atoms with Crippen molar-refractivity contribution >= 4 is 46.7 Å².